The monoisotopic (exact) mass is 197 g/mol. The van der Waals surface area contributed by atoms with Gasteiger partial charge in [-0.2, -0.15) is 0 Å². The summed E-state index contributed by atoms with van der Waals surface area (Å²) < 4.78 is 0. The zero-order valence-corrected chi connectivity index (χ0v) is 8.03. The van der Waals surface area contributed by atoms with Crippen LogP contribution in [0.4, 0.5) is 0 Å². The molecule has 78 valence electrons. The minimum atomic E-state index is -0.705. The first-order chi connectivity index (χ1) is 6.66. The second-order valence-electron chi connectivity index (χ2n) is 4.61. The second kappa shape index (κ2) is 3.26. The van der Waals surface area contributed by atoms with Crippen LogP contribution in [0.1, 0.15) is 32.1 Å². The Bertz CT molecular complexity index is 258. The summed E-state index contributed by atoms with van der Waals surface area (Å²) in [4.78, 5) is 20.7. The zero-order valence-electron chi connectivity index (χ0n) is 8.03. The van der Waals surface area contributed by atoms with Crippen LogP contribution in [0.25, 0.3) is 0 Å². The van der Waals surface area contributed by atoms with Crippen molar-refractivity contribution in [2.75, 3.05) is 0 Å². The van der Waals surface area contributed by atoms with Gasteiger partial charge in [-0.3, -0.25) is 9.59 Å². The number of carboxylic acids is 1. The molecule has 14 heavy (non-hydrogen) atoms. The van der Waals surface area contributed by atoms with Crippen LogP contribution >= 0.6 is 0 Å². The molecule has 2 rings (SSSR count). The minimum absolute atomic E-state index is 0.265. The van der Waals surface area contributed by atoms with Crippen LogP contribution in [-0.4, -0.2) is 23.5 Å². The van der Waals surface area contributed by atoms with Crippen molar-refractivity contribution in [1.82, 2.24) is 5.32 Å². The van der Waals surface area contributed by atoms with Gasteiger partial charge < -0.3 is 10.4 Å². The maximum absolute atomic E-state index is 10.5. The fraction of sp³-hybridized carbons (Fsp3) is 0.800. The van der Waals surface area contributed by atoms with Crippen molar-refractivity contribution in [3.63, 3.8) is 0 Å². The van der Waals surface area contributed by atoms with Gasteiger partial charge in [0.1, 0.15) is 0 Å². The molecule has 2 fully saturated rings. The number of amides is 1. The molecule has 0 radical (unpaired) electrons. The van der Waals surface area contributed by atoms with Gasteiger partial charge in [-0.15, -0.1) is 0 Å². The standard InChI is InChI=1S/C10H15NO3/c12-6-11-8-1-2-10(8)4-7(5-10)3-9(13)14/h6-8H,1-5H2,(H,11,12)(H,13,14). The van der Waals surface area contributed by atoms with Gasteiger partial charge in [0.05, 0.1) is 0 Å². The fourth-order valence-electron chi connectivity index (χ4n) is 3.01. The van der Waals surface area contributed by atoms with Crippen molar-refractivity contribution in [2.24, 2.45) is 11.3 Å². The van der Waals surface area contributed by atoms with Gasteiger partial charge in [0.25, 0.3) is 0 Å². The van der Waals surface area contributed by atoms with Crippen LogP contribution in [0.2, 0.25) is 0 Å². The highest BCUT2D eigenvalue weighted by Crippen LogP contribution is 2.59. The summed E-state index contributed by atoms with van der Waals surface area (Å²) in [6.07, 6.45) is 5.20. The SMILES string of the molecule is O=CNC1CCC12CC(CC(=O)O)C2. The summed E-state index contributed by atoms with van der Waals surface area (Å²) in [7, 11) is 0. The smallest absolute Gasteiger partial charge is 0.303 e. The van der Waals surface area contributed by atoms with Crippen LogP contribution in [0.15, 0.2) is 0 Å². The first-order valence-electron chi connectivity index (χ1n) is 5.08. The number of hydrogen-bond donors (Lipinski definition) is 2. The van der Waals surface area contributed by atoms with E-state index in [1.54, 1.807) is 0 Å². The van der Waals surface area contributed by atoms with E-state index in [0.717, 1.165) is 32.1 Å². The third-order valence-electron chi connectivity index (χ3n) is 3.79. The number of aliphatic carboxylic acids is 1. The average Bonchev–Trinajstić information content (AvgIpc) is 2.03. The Balaban J connectivity index is 1.80. The largest absolute Gasteiger partial charge is 0.481 e. The van der Waals surface area contributed by atoms with Crippen LogP contribution in [0, 0.1) is 11.3 Å². The molecule has 4 nitrogen and oxygen atoms in total. The average molecular weight is 197 g/mol. The molecule has 0 aromatic carbocycles. The number of nitrogens with one attached hydrogen (secondary N) is 1. The number of carbonyl (C=O) groups is 2. The summed E-state index contributed by atoms with van der Waals surface area (Å²) >= 11 is 0. The topological polar surface area (TPSA) is 66.4 Å². The van der Waals surface area contributed by atoms with E-state index in [2.05, 4.69) is 5.32 Å². The molecule has 0 aliphatic heterocycles. The van der Waals surface area contributed by atoms with Crippen molar-refractivity contribution in [2.45, 2.75) is 38.1 Å². The molecule has 0 aromatic heterocycles. The molecule has 0 saturated heterocycles. The first kappa shape index (κ1) is 9.49. The Morgan fingerprint density at radius 1 is 1.57 bits per heavy atom. The van der Waals surface area contributed by atoms with E-state index in [-0.39, 0.29) is 11.8 Å². The summed E-state index contributed by atoms with van der Waals surface area (Å²) in [6.45, 7) is 0. The third-order valence-corrected chi connectivity index (χ3v) is 3.79. The van der Waals surface area contributed by atoms with E-state index >= 15 is 0 Å². The molecule has 2 aliphatic carbocycles. The van der Waals surface area contributed by atoms with Gasteiger partial charge in [0, 0.05) is 12.5 Å². The Labute approximate surface area is 82.7 Å². The third kappa shape index (κ3) is 1.38. The number of carboxylic acid groups (broad SMARTS) is 1. The van der Waals surface area contributed by atoms with Crippen LogP contribution in [0.3, 0.4) is 0 Å². The maximum Gasteiger partial charge on any atom is 0.303 e. The molecule has 4 heteroatoms. The number of hydrogen-bond acceptors (Lipinski definition) is 2. The van der Waals surface area contributed by atoms with Gasteiger partial charge in [-0.1, -0.05) is 0 Å². The predicted octanol–water partition coefficient (Wildman–Crippen LogP) is 0.766. The summed E-state index contributed by atoms with van der Waals surface area (Å²) in [5, 5.41) is 11.4. The lowest BCUT2D eigenvalue weighted by molar-refractivity contribution is -0.143. The zero-order chi connectivity index (χ0) is 10.2. The van der Waals surface area contributed by atoms with Gasteiger partial charge in [-0.05, 0) is 37.0 Å². The molecule has 2 N–H and O–H groups in total. The predicted molar refractivity (Wildman–Crippen MR) is 49.6 cm³/mol. The first-order valence-corrected chi connectivity index (χ1v) is 5.08. The van der Waals surface area contributed by atoms with Gasteiger partial charge in [0.15, 0.2) is 0 Å². The Morgan fingerprint density at radius 3 is 2.71 bits per heavy atom. The number of rotatable bonds is 4. The number of carbonyl (C=O) groups excluding carboxylic acids is 1. The Kier molecular flexibility index (Phi) is 2.21. The Hall–Kier alpha value is -1.06. The molecular formula is C10H15NO3. The lowest BCUT2D eigenvalue weighted by atomic mass is 9.48. The van der Waals surface area contributed by atoms with Crippen molar-refractivity contribution < 1.29 is 14.7 Å². The summed E-state index contributed by atoms with van der Waals surface area (Å²) in [6, 6.07) is 0.310. The lowest BCUT2D eigenvalue weighted by Crippen LogP contribution is -2.59. The fourth-order valence-corrected chi connectivity index (χ4v) is 3.01. The maximum atomic E-state index is 10.5. The molecule has 1 unspecified atom stereocenters. The molecule has 0 heterocycles. The molecule has 1 spiro atoms. The highest BCUT2D eigenvalue weighted by atomic mass is 16.4. The molecule has 0 bridgehead atoms. The molecule has 0 aromatic rings. The van der Waals surface area contributed by atoms with E-state index in [1.807, 2.05) is 0 Å². The van der Waals surface area contributed by atoms with E-state index in [4.69, 9.17) is 5.11 Å². The van der Waals surface area contributed by atoms with Gasteiger partial charge >= 0.3 is 5.97 Å². The van der Waals surface area contributed by atoms with E-state index in [1.165, 1.54) is 0 Å². The molecule has 2 aliphatic rings. The van der Waals surface area contributed by atoms with Crippen LogP contribution in [-0.2, 0) is 9.59 Å². The van der Waals surface area contributed by atoms with Crippen LogP contribution in [0.5, 0.6) is 0 Å². The molecule has 1 atom stereocenters. The van der Waals surface area contributed by atoms with E-state index in [9.17, 15) is 9.59 Å². The minimum Gasteiger partial charge on any atom is -0.481 e. The summed E-state index contributed by atoms with van der Waals surface area (Å²) in [5.74, 6) is -0.368. The lowest BCUT2D eigenvalue weighted by Gasteiger charge is -2.59. The quantitative estimate of drug-likeness (QED) is 0.654. The molecule has 2 saturated carbocycles. The summed E-state index contributed by atoms with van der Waals surface area (Å²) in [5.41, 5.74) is 0.265. The van der Waals surface area contributed by atoms with Crippen molar-refractivity contribution in [1.29, 1.82) is 0 Å². The second-order valence-corrected chi connectivity index (χ2v) is 4.61. The van der Waals surface area contributed by atoms with Gasteiger partial charge in [-0.25, -0.2) is 0 Å². The van der Waals surface area contributed by atoms with Gasteiger partial charge in [0.2, 0.25) is 6.41 Å². The normalized spacial score (nSPS) is 39.7. The van der Waals surface area contributed by atoms with E-state index < -0.39 is 5.97 Å². The molecule has 1 amide bonds. The van der Waals surface area contributed by atoms with Crippen molar-refractivity contribution >= 4 is 12.4 Å². The Morgan fingerprint density at radius 2 is 2.29 bits per heavy atom. The molecular weight excluding hydrogens is 182 g/mol. The highest BCUT2D eigenvalue weighted by molar-refractivity contribution is 5.67. The van der Waals surface area contributed by atoms with Crippen LogP contribution < -0.4 is 5.32 Å². The van der Waals surface area contributed by atoms with Crippen molar-refractivity contribution in [3.8, 4) is 0 Å². The van der Waals surface area contributed by atoms with Crippen molar-refractivity contribution in [3.05, 3.63) is 0 Å². The van der Waals surface area contributed by atoms with E-state index in [0.29, 0.717) is 12.0 Å². The highest BCUT2D eigenvalue weighted by Gasteiger charge is 2.55.